The average molecular weight is 206 g/mol. The summed E-state index contributed by atoms with van der Waals surface area (Å²) in [6.07, 6.45) is 5.45. The zero-order chi connectivity index (χ0) is 10.9. The van der Waals surface area contributed by atoms with Crippen molar-refractivity contribution in [2.24, 2.45) is 0 Å². The fraction of sp³-hybridized carbons (Fsp3) is 0.571. The van der Waals surface area contributed by atoms with Crippen molar-refractivity contribution >= 4 is 0 Å². The third-order valence-electron chi connectivity index (χ3n) is 2.59. The Morgan fingerprint density at radius 3 is 2.53 bits per heavy atom. The monoisotopic (exact) mass is 206 g/mol. The lowest BCUT2D eigenvalue weighted by molar-refractivity contribution is 0.0460. The SMILES string of the molecule is CCCCC[C@@H](C)OCc1ccccc1. The second-order valence-electron chi connectivity index (χ2n) is 4.10. The summed E-state index contributed by atoms with van der Waals surface area (Å²) >= 11 is 0. The molecular formula is C14H22O. The molecule has 0 radical (unpaired) electrons. The van der Waals surface area contributed by atoms with Gasteiger partial charge >= 0.3 is 0 Å². The maximum absolute atomic E-state index is 5.77. The highest BCUT2D eigenvalue weighted by Crippen LogP contribution is 2.09. The molecule has 1 nitrogen and oxygen atoms in total. The Labute approximate surface area is 93.5 Å². The Morgan fingerprint density at radius 1 is 1.13 bits per heavy atom. The number of rotatable bonds is 7. The Morgan fingerprint density at radius 2 is 1.87 bits per heavy atom. The van der Waals surface area contributed by atoms with E-state index in [1.54, 1.807) is 0 Å². The summed E-state index contributed by atoms with van der Waals surface area (Å²) in [5, 5.41) is 0. The molecule has 15 heavy (non-hydrogen) atoms. The molecule has 0 amide bonds. The summed E-state index contributed by atoms with van der Waals surface area (Å²) in [4.78, 5) is 0. The minimum absolute atomic E-state index is 0.386. The lowest BCUT2D eigenvalue weighted by Crippen LogP contribution is -2.07. The van der Waals surface area contributed by atoms with Crippen molar-refractivity contribution in [2.45, 2.75) is 52.2 Å². The summed E-state index contributed by atoms with van der Waals surface area (Å²) in [7, 11) is 0. The third kappa shape index (κ3) is 5.58. The maximum Gasteiger partial charge on any atom is 0.0720 e. The summed E-state index contributed by atoms with van der Waals surface area (Å²) in [6.45, 7) is 5.14. The quantitative estimate of drug-likeness (QED) is 0.608. The van der Waals surface area contributed by atoms with E-state index in [0.717, 1.165) is 6.61 Å². The van der Waals surface area contributed by atoms with Crippen LogP contribution >= 0.6 is 0 Å². The van der Waals surface area contributed by atoms with Crippen LogP contribution in [0.3, 0.4) is 0 Å². The fourth-order valence-electron chi connectivity index (χ4n) is 1.58. The van der Waals surface area contributed by atoms with E-state index < -0.39 is 0 Å². The molecular weight excluding hydrogens is 184 g/mol. The molecule has 0 heterocycles. The van der Waals surface area contributed by atoms with Gasteiger partial charge in [0.1, 0.15) is 0 Å². The molecule has 1 aromatic carbocycles. The Balaban J connectivity index is 2.14. The van der Waals surface area contributed by atoms with Crippen molar-refractivity contribution < 1.29 is 4.74 Å². The van der Waals surface area contributed by atoms with Crippen molar-refractivity contribution in [3.05, 3.63) is 35.9 Å². The summed E-state index contributed by atoms with van der Waals surface area (Å²) in [5.74, 6) is 0. The van der Waals surface area contributed by atoms with Crippen molar-refractivity contribution in [3.63, 3.8) is 0 Å². The van der Waals surface area contributed by atoms with E-state index in [1.807, 2.05) is 6.07 Å². The highest BCUT2D eigenvalue weighted by atomic mass is 16.5. The van der Waals surface area contributed by atoms with Crippen LogP contribution < -0.4 is 0 Å². The Bertz CT molecular complexity index is 243. The molecule has 0 aliphatic heterocycles. The van der Waals surface area contributed by atoms with Crippen molar-refractivity contribution in [2.75, 3.05) is 0 Å². The van der Waals surface area contributed by atoms with Gasteiger partial charge in [-0.05, 0) is 18.9 Å². The zero-order valence-corrected chi connectivity index (χ0v) is 9.91. The molecule has 0 aliphatic rings. The van der Waals surface area contributed by atoms with Crippen molar-refractivity contribution in [3.8, 4) is 0 Å². The molecule has 0 fully saturated rings. The van der Waals surface area contributed by atoms with E-state index in [9.17, 15) is 0 Å². The van der Waals surface area contributed by atoms with Gasteiger partial charge in [0.2, 0.25) is 0 Å². The minimum Gasteiger partial charge on any atom is -0.374 e. The third-order valence-corrected chi connectivity index (χ3v) is 2.59. The molecule has 0 saturated heterocycles. The molecule has 1 aromatic rings. The van der Waals surface area contributed by atoms with Gasteiger partial charge in [0.25, 0.3) is 0 Å². The standard InChI is InChI=1S/C14H22O/c1-3-4-6-9-13(2)15-12-14-10-7-5-8-11-14/h5,7-8,10-11,13H,3-4,6,9,12H2,1-2H3/t13-/m1/s1. The number of benzene rings is 1. The molecule has 0 bridgehead atoms. The van der Waals surface area contributed by atoms with E-state index >= 15 is 0 Å². The van der Waals surface area contributed by atoms with Gasteiger partial charge in [0, 0.05) is 0 Å². The van der Waals surface area contributed by atoms with E-state index in [0.29, 0.717) is 6.10 Å². The summed E-state index contributed by atoms with van der Waals surface area (Å²) < 4.78 is 5.77. The lowest BCUT2D eigenvalue weighted by Gasteiger charge is -2.12. The first-order valence-electron chi connectivity index (χ1n) is 5.98. The van der Waals surface area contributed by atoms with Crippen LogP contribution in [0.2, 0.25) is 0 Å². The highest BCUT2D eigenvalue weighted by Gasteiger charge is 2.01. The normalized spacial score (nSPS) is 12.7. The van der Waals surface area contributed by atoms with Gasteiger partial charge in [-0.25, -0.2) is 0 Å². The fourth-order valence-corrected chi connectivity index (χ4v) is 1.58. The lowest BCUT2D eigenvalue weighted by atomic mass is 10.1. The molecule has 0 N–H and O–H groups in total. The average Bonchev–Trinajstić information content (AvgIpc) is 2.28. The van der Waals surface area contributed by atoms with E-state index in [2.05, 4.69) is 38.1 Å². The van der Waals surface area contributed by atoms with Gasteiger partial charge in [0.05, 0.1) is 12.7 Å². The maximum atomic E-state index is 5.77. The van der Waals surface area contributed by atoms with Gasteiger partial charge in [0.15, 0.2) is 0 Å². The van der Waals surface area contributed by atoms with E-state index in [1.165, 1.54) is 31.2 Å². The van der Waals surface area contributed by atoms with Gasteiger partial charge in [-0.2, -0.15) is 0 Å². The van der Waals surface area contributed by atoms with Gasteiger partial charge in [-0.1, -0.05) is 56.5 Å². The van der Waals surface area contributed by atoms with Crippen molar-refractivity contribution in [1.82, 2.24) is 0 Å². The first-order chi connectivity index (χ1) is 7.33. The minimum atomic E-state index is 0.386. The second kappa shape index (κ2) is 7.47. The molecule has 1 heteroatoms. The first kappa shape index (κ1) is 12.3. The van der Waals surface area contributed by atoms with Crippen LogP contribution in [-0.4, -0.2) is 6.10 Å². The predicted octanol–water partition coefficient (Wildman–Crippen LogP) is 4.17. The smallest absolute Gasteiger partial charge is 0.0720 e. The predicted molar refractivity (Wildman–Crippen MR) is 64.8 cm³/mol. The molecule has 0 saturated carbocycles. The molecule has 0 aromatic heterocycles. The van der Waals surface area contributed by atoms with Crippen LogP contribution in [0, 0.1) is 0 Å². The molecule has 0 aliphatic carbocycles. The van der Waals surface area contributed by atoms with Crippen LogP contribution in [0.5, 0.6) is 0 Å². The zero-order valence-electron chi connectivity index (χ0n) is 9.91. The molecule has 84 valence electrons. The number of hydrogen-bond acceptors (Lipinski definition) is 1. The first-order valence-corrected chi connectivity index (χ1v) is 5.98. The van der Waals surface area contributed by atoms with Crippen LogP contribution in [-0.2, 0) is 11.3 Å². The molecule has 1 rings (SSSR count). The summed E-state index contributed by atoms with van der Waals surface area (Å²) in [6, 6.07) is 10.4. The van der Waals surface area contributed by atoms with Crippen LogP contribution in [0.25, 0.3) is 0 Å². The largest absolute Gasteiger partial charge is 0.374 e. The number of unbranched alkanes of at least 4 members (excludes halogenated alkanes) is 2. The summed E-state index contributed by atoms with van der Waals surface area (Å²) in [5.41, 5.74) is 1.26. The second-order valence-corrected chi connectivity index (χ2v) is 4.10. The van der Waals surface area contributed by atoms with Crippen molar-refractivity contribution in [1.29, 1.82) is 0 Å². The van der Waals surface area contributed by atoms with Gasteiger partial charge in [-0.15, -0.1) is 0 Å². The Hall–Kier alpha value is -0.820. The topological polar surface area (TPSA) is 9.23 Å². The highest BCUT2D eigenvalue weighted by molar-refractivity contribution is 5.13. The van der Waals surface area contributed by atoms with E-state index in [-0.39, 0.29) is 0 Å². The Kier molecular flexibility index (Phi) is 6.10. The van der Waals surface area contributed by atoms with E-state index in [4.69, 9.17) is 4.74 Å². The molecule has 0 unspecified atom stereocenters. The van der Waals surface area contributed by atoms with Gasteiger partial charge < -0.3 is 4.74 Å². The van der Waals surface area contributed by atoms with Crippen LogP contribution in [0.15, 0.2) is 30.3 Å². The van der Waals surface area contributed by atoms with Crippen LogP contribution in [0.1, 0.15) is 45.1 Å². The molecule has 1 atom stereocenters. The van der Waals surface area contributed by atoms with Gasteiger partial charge in [-0.3, -0.25) is 0 Å². The van der Waals surface area contributed by atoms with Crippen LogP contribution in [0.4, 0.5) is 0 Å². The molecule has 0 spiro atoms. The number of hydrogen-bond donors (Lipinski definition) is 0. The number of ether oxygens (including phenoxy) is 1.